The van der Waals surface area contributed by atoms with Gasteiger partial charge in [-0.2, -0.15) is 0 Å². The van der Waals surface area contributed by atoms with Gasteiger partial charge >= 0.3 is 0 Å². The summed E-state index contributed by atoms with van der Waals surface area (Å²) >= 11 is 5.20. The Labute approximate surface area is 118 Å². The minimum Gasteiger partial charge on any atom is -0.383 e. The molecule has 4 N–H and O–H groups in total. The fourth-order valence-electron chi connectivity index (χ4n) is 1.46. The molecule has 0 aliphatic heterocycles. The van der Waals surface area contributed by atoms with Crippen LogP contribution < -0.4 is 11.1 Å². The molecule has 0 radical (unpaired) electrons. The zero-order valence-electron chi connectivity index (χ0n) is 10.9. The van der Waals surface area contributed by atoms with Gasteiger partial charge in [-0.05, 0) is 24.4 Å². The summed E-state index contributed by atoms with van der Waals surface area (Å²) < 4.78 is 4.93. The number of hydrogen-bond donors (Lipinski definition) is 3. The molecule has 1 heterocycles. The van der Waals surface area contributed by atoms with Crippen LogP contribution in [-0.2, 0) is 11.2 Å². The number of aromatic nitrogens is 1. The summed E-state index contributed by atoms with van der Waals surface area (Å²) in [5, 5.41) is 11.0. The van der Waals surface area contributed by atoms with E-state index >= 15 is 0 Å². The molecule has 1 rings (SSSR count). The third-order valence-corrected chi connectivity index (χ3v) is 2.80. The van der Waals surface area contributed by atoms with Gasteiger partial charge in [0.1, 0.15) is 0 Å². The Morgan fingerprint density at radius 2 is 2.37 bits per heavy atom. The van der Waals surface area contributed by atoms with Crippen LogP contribution in [0.25, 0.3) is 0 Å². The number of guanidine groups is 1. The van der Waals surface area contributed by atoms with Crippen LogP contribution >= 0.6 is 12.2 Å². The van der Waals surface area contributed by atoms with Crippen LogP contribution in [0.2, 0.25) is 0 Å². The maximum atomic E-state index is 7.55. The smallest absolute Gasteiger partial charge is 0.194 e. The van der Waals surface area contributed by atoms with Crippen molar-refractivity contribution in [1.29, 1.82) is 5.41 Å². The zero-order chi connectivity index (χ0) is 14.1. The van der Waals surface area contributed by atoms with Crippen LogP contribution in [-0.4, -0.2) is 47.8 Å². The second kappa shape index (κ2) is 8.39. The van der Waals surface area contributed by atoms with Crippen molar-refractivity contribution in [1.82, 2.24) is 15.2 Å². The highest BCUT2D eigenvalue weighted by atomic mass is 32.1. The largest absolute Gasteiger partial charge is 0.383 e. The minimum atomic E-state index is -0.0779. The number of thiocarbonyl (C=S) groups is 1. The van der Waals surface area contributed by atoms with Gasteiger partial charge in [-0.25, -0.2) is 0 Å². The Balaban J connectivity index is 2.48. The molecule has 1 aromatic rings. The Morgan fingerprint density at radius 1 is 1.58 bits per heavy atom. The molecule has 0 aliphatic carbocycles. The number of methoxy groups -OCH3 is 1. The number of nitrogens with zero attached hydrogens (tertiary/aromatic N) is 2. The van der Waals surface area contributed by atoms with Gasteiger partial charge in [0.05, 0.1) is 6.61 Å². The summed E-state index contributed by atoms with van der Waals surface area (Å²) in [6.07, 6.45) is 2.41. The summed E-state index contributed by atoms with van der Waals surface area (Å²) in [6, 6.07) is 5.72. The summed E-state index contributed by atoms with van der Waals surface area (Å²) in [5.74, 6) is -0.0779. The maximum Gasteiger partial charge on any atom is 0.194 e. The van der Waals surface area contributed by atoms with Crippen molar-refractivity contribution < 1.29 is 4.74 Å². The average molecular weight is 281 g/mol. The standard InChI is InChI=1S/C12H19N5OS/c1-18-9-7-16-12(19)17(11(13)14)8-5-10-4-2-3-6-15-10/h2-4,6H,5,7-9H2,1H3,(H3,13,14)(H,16,19). The maximum absolute atomic E-state index is 7.55. The molecule has 7 heteroatoms. The van der Waals surface area contributed by atoms with Gasteiger partial charge in [0.2, 0.25) is 0 Å². The van der Waals surface area contributed by atoms with Crippen molar-refractivity contribution >= 4 is 23.3 Å². The monoisotopic (exact) mass is 281 g/mol. The molecule has 0 atom stereocenters. The van der Waals surface area contributed by atoms with Crippen LogP contribution in [0.15, 0.2) is 24.4 Å². The van der Waals surface area contributed by atoms with E-state index in [4.69, 9.17) is 28.1 Å². The summed E-state index contributed by atoms with van der Waals surface area (Å²) in [4.78, 5) is 5.76. The third-order valence-electron chi connectivity index (χ3n) is 2.44. The third kappa shape index (κ3) is 5.62. The van der Waals surface area contributed by atoms with Gasteiger partial charge in [-0.15, -0.1) is 0 Å². The van der Waals surface area contributed by atoms with Gasteiger partial charge in [-0.3, -0.25) is 15.3 Å². The fraction of sp³-hybridized carbons (Fsp3) is 0.417. The lowest BCUT2D eigenvalue weighted by atomic mass is 10.2. The van der Waals surface area contributed by atoms with Gasteiger partial charge in [0.25, 0.3) is 0 Å². The van der Waals surface area contributed by atoms with Crippen molar-refractivity contribution in [3.05, 3.63) is 30.1 Å². The summed E-state index contributed by atoms with van der Waals surface area (Å²) in [7, 11) is 1.62. The molecule has 104 valence electrons. The highest BCUT2D eigenvalue weighted by Gasteiger charge is 2.12. The topological polar surface area (TPSA) is 87.3 Å². The van der Waals surface area contributed by atoms with Crippen molar-refractivity contribution in [3.8, 4) is 0 Å². The van der Waals surface area contributed by atoms with Gasteiger partial charge < -0.3 is 15.8 Å². The lowest BCUT2D eigenvalue weighted by molar-refractivity contribution is 0.203. The Kier molecular flexibility index (Phi) is 6.76. The van der Waals surface area contributed by atoms with E-state index in [0.717, 1.165) is 5.69 Å². The van der Waals surface area contributed by atoms with Crippen molar-refractivity contribution in [2.45, 2.75) is 6.42 Å². The molecule has 0 aromatic carbocycles. The molecular formula is C12H19N5OS. The van der Waals surface area contributed by atoms with E-state index in [2.05, 4.69) is 10.3 Å². The molecule has 19 heavy (non-hydrogen) atoms. The molecule has 0 bridgehead atoms. The second-order valence-electron chi connectivity index (χ2n) is 3.83. The Hall–Kier alpha value is -1.73. The van der Waals surface area contributed by atoms with Crippen molar-refractivity contribution in [3.63, 3.8) is 0 Å². The molecule has 0 unspecified atom stereocenters. The predicted molar refractivity (Wildman–Crippen MR) is 79.0 cm³/mol. The van der Waals surface area contributed by atoms with E-state index in [9.17, 15) is 0 Å². The quantitative estimate of drug-likeness (QED) is 0.302. The van der Waals surface area contributed by atoms with Crippen molar-refractivity contribution in [2.75, 3.05) is 26.8 Å². The number of ether oxygens (including phenoxy) is 1. The Bertz CT molecular complexity index is 412. The van der Waals surface area contributed by atoms with Crippen LogP contribution in [0, 0.1) is 5.41 Å². The number of pyridine rings is 1. The highest BCUT2D eigenvalue weighted by molar-refractivity contribution is 7.80. The van der Waals surface area contributed by atoms with Crippen LogP contribution in [0.4, 0.5) is 0 Å². The number of rotatable bonds is 6. The molecule has 0 amide bonds. The SMILES string of the molecule is COCCNC(=S)N(CCc1ccccn1)C(=N)N. The van der Waals surface area contributed by atoms with Gasteiger partial charge in [0.15, 0.2) is 11.1 Å². The number of nitrogens with two attached hydrogens (primary N) is 1. The summed E-state index contributed by atoms with van der Waals surface area (Å²) in [5.41, 5.74) is 6.47. The molecule has 0 spiro atoms. The zero-order valence-corrected chi connectivity index (χ0v) is 11.7. The Morgan fingerprint density at radius 3 is 2.95 bits per heavy atom. The fourth-order valence-corrected chi connectivity index (χ4v) is 1.75. The van der Waals surface area contributed by atoms with E-state index in [0.29, 0.717) is 31.2 Å². The molecule has 0 aliphatic rings. The first-order chi connectivity index (χ1) is 9.15. The number of nitrogens with one attached hydrogen (secondary N) is 2. The van der Waals surface area contributed by atoms with Crippen LogP contribution in [0.5, 0.6) is 0 Å². The molecule has 1 aromatic heterocycles. The molecule has 0 fully saturated rings. The van der Waals surface area contributed by atoms with Gasteiger partial charge in [0, 0.05) is 38.5 Å². The van der Waals surface area contributed by atoms with E-state index in [1.165, 1.54) is 0 Å². The van der Waals surface area contributed by atoms with E-state index in [1.807, 2.05) is 18.2 Å². The average Bonchev–Trinajstić information content (AvgIpc) is 2.40. The first kappa shape index (κ1) is 15.3. The lowest BCUT2D eigenvalue weighted by Crippen LogP contribution is -2.48. The first-order valence-corrected chi connectivity index (χ1v) is 6.34. The minimum absolute atomic E-state index is 0.0779. The van der Waals surface area contributed by atoms with E-state index < -0.39 is 0 Å². The highest BCUT2D eigenvalue weighted by Crippen LogP contribution is 1.98. The van der Waals surface area contributed by atoms with Gasteiger partial charge in [-0.1, -0.05) is 6.07 Å². The normalized spacial score (nSPS) is 9.95. The van der Waals surface area contributed by atoms with Crippen LogP contribution in [0.3, 0.4) is 0 Å². The van der Waals surface area contributed by atoms with Crippen molar-refractivity contribution in [2.24, 2.45) is 5.73 Å². The van der Waals surface area contributed by atoms with E-state index in [1.54, 1.807) is 18.2 Å². The van der Waals surface area contributed by atoms with E-state index in [-0.39, 0.29) is 5.96 Å². The lowest BCUT2D eigenvalue weighted by Gasteiger charge is -2.23. The second-order valence-corrected chi connectivity index (χ2v) is 4.22. The summed E-state index contributed by atoms with van der Waals surface area (Å²) in [6.45, 7) is 1.65. The predicted octanol–water partition coefficient (Wildman–Crippen LogP) is 0.340. The number of hydrogen-bond acceptors (Lipinski definition) is 4. The molecule has 6 nitrogen and oxygen atoms in total. The molecule has 0 saturated carbocycles. The van der Waals surface area contributed by atoms with Crippen LogP contribution in [0.1, 0.15) is 5.69 Å². The molecular weight excluding hydrogens is 262 g/mol. The first-order valence-electron chi connectivity index (χ1n) is 5.93. The molecule has 0 saturated heterocycles.